The molecule has 4 rings (SSSR count). The Morgan fingerprint density at radius 3 is 2.32 bits per heavy atom. The molecule has 1 atom stereocenters. The molecule has 0 bridgehead atoms. The van der Waals surface area contributed by atoms with Crippen LogP contribution in [-0.2, 0) is 16.0 Å². The Bertz CT molecular complexity index is 1260. The molecule has 0 spiro atoms. The van der Waals surface area contributed by atoms with Gasteiger partial charge in [-0.3, -0.25) is 4.21 Å². The molecule has 1 aliphatic rings. The van der Waals surface area contributed by atoms with Gasteiger partial charge >= 0.3 is 5.97 Å². The third-order valence-electron chi connectivity index (χ3n) is 7.25. The molecule has 0 aliphatic heterocycles. The molecule has 2 aromatic carbocycles. The van der Waals surface area contributed by atoms with Crippen LogP contribution in [0.4, 0.5) is 11.5 Å². The molecule has 1 fully saturated rings. The van der Waals surface area contributed by atoms with Crippen molar-refractivity contribution in [2.75, 3.05) is 18.5 Å². The van der Waals surface area contributed by atoms with Gasteiger partial charge in [0.1, 0.15) is 10.8 Å². The first-order chi connectivity index (χ1) is 17.6. The summed E-state index contributed by atoms with van der Waals surface area (Å²) in [5, 5.41) is 2.42. The van der Waals surface area contributed by atoms with Crippen LogP contribution in [0.3, 0.4) is 0 Å². The van der Waals surface area contributed by atoms with E-state index in [1.807, 2.05) is 0 Å². The van der Waals surface area contributed by atoms with Crippen molar-refractivity contribution < 1.29 is 23.0 Å². The number of hydrogen-bond acceptors (Lipinski definition) is 7. The van der Waals surface area contributed by atoms with Crippen molar-refractivity contribution >= 4 is 40.1 Å². The van der Waals surface area contributed by atoms with Gasteiger partial charge in [-0.1, -0.05) is 45.0 Å². The zero-order valence-corrected chi connectivity index (χ0v) is 23.5. The van der Waals surface area contributed by atoms with Gasteiger partial charge in [-0.05, 0) is 66.7 Å². The molecular formula is C28H33N2O5S2-. The van der Waals surface area contributed by atoms with Gasteiger partial charge < -0.3 is 14.0 Å². The summed E-state index contributed by atoms with van der Waals surface area (Å²) in [6.07, 6.45) is 4.95. The van der Waals surface area contributed by atoms with Crippen molar-refractivity contribution in [2.24, 2.45) is 11.3 Å². The fourth-order valence-electron chi connectivity index (χ4n) is 5.05. The highest BCUT2D eigenvalue weighted by molar-refractivity contribution is 7.81. The highest BCUT2D eigenvalue weighted by Crippen LogP contribution is 2.44. The maximum atomic E-state index is 12.2. The Morgan fingerprint density at radius 2 is 1.76 bits per heavy atom. The van der Waals surface area contributed by atoms with Crippen LogP contribution in [0.15, 0.2) is 47.8 Å². The van der Waals surface area contributed by atoms with Crippen molar-refractivity contribution in [3.63, 3.8) is 0 Å². The molecule has 1 aromatic heterocycles. The van der Waals surface area contributed by atoms with Crippen molar-refractivity contribution in [1.82, 2.24) is 4.98 Å². The summed E-state index contributed by atoms with van der Waals surface area (Å²) in [4.78, 5) is 16.5. The Balaban J connectivity index is 1.54. The van der Waals surface area contributed by atoms with Gasteiger partial charge in [0, 0.05) is 10.9 Å². The SMILES string of the molecule is COC(=O)c1ccc(N(c2csc(-c3ccc(C4CCC(C(C)(C)C)CC4)cc3)n2)S(=O)[O-])c(OC)c1. The number of carbonyl (C=O) groups excluding carboxylic acids is 1. The highest BCUT2D eigenvalue weighted by atomic mass is 32.2. The lowest BCUT2D eigenvalue weighted by Crippen LogP contribution is -2.25. The van der Waals surface area contributed by atoms with E-state index in [1.54, 1.807) is 5.38 Å². The van der Waals surface area contributed by atoms with E-state index in [-0.39, 0.29) is 22.8 Å². The summed E-state index contributed by atoms with van der Waals surface area (Å²) in [5.74, 6) is 1.29. The zero-order valence-electron chi connectivity index (χ0n) is 21.9. The monoisotopic (exact) mass is 541 g/mol. The molecule has 1 saturated carbocycles. The van der Waals surface area contributed by atoms with Crippen LogP contribution < -0.4 is 9.04 Å². The van der Waals surface area contributed by atoms with E-state index < -0.39 is 17.2 Å². The van der Waals surface area contributed by atoms with Crippen molar-refractivity contribution in [2.45, 2.75) is 52.4 Å². The topological polar surface area (TPSA) is 91.8 Å². The average Bonchev–Trinajstić information content (AvgIpc) is 3.37. The van der Waals surface area contributed by atoms with Gasteiger partial charge in [-0.2, -0.15) is 0 Å². The number of anilines is 2. The predicted octanol–water partition coefficient (Wildman–Crippen LogP) is 6.86. The Labute approximate surface area is 225 Å². The van der Waals surface area contributed by atoms with Crippen molar-refractivity contribution in [3.05, 3.63) is 59.0 Å². The smallest absolute Gasteiger partial charge is 0.337 e. The Morgan fingerprint density at radius 1 is 1.08 bits per heavy atom. The molecule has 0 radical (unpaired) electrons. The molecule has 37 heavy (non-hydrogen) atoms. The quantitative estimate of drug-likeness (QED) is 0.240. The number of hydrogen-bond donors (Lipinski definition) is 0. The Hall–Kier alpha value is -2.75. The van der Waals surface area contributed by atoms with Gasteiger partial charge in [0.25, 0.3) is 0 Å². The lowest BCUT2D eigenvalue weighted by molar-refractivity contribution is 0.0600. The average molecular weight is 542 g/mol. The van der Waals surface area contributed by atoms with Gasteiger partial charge in [0.15, 0.2) is 5.82 Å². The van der Waals surface area contributed by atoms with Gasteiger partial charge in [-0.25, -0.2) is 14.1 Å². The van der Waals surface area contributed by atoms with E-state index in [2.05, 4.69) is 50.0 Å². The zero-order chi connectivity index (χ0) is 26.7. The standard InChI is InChI=1S/C28H34N2O5S2/c1-28(2,3)22-13-10-19(11-14-22)18-6-8-20(9-7-18)26-29-25(17-36-26)30(37(32)33)23-15-12-21(27(31)35-5)16-24(23)34-4/h6-9,12,15-17,19,22H,10-11,13-14H2,1-5H3,(H,32,33)/p-1. The number of aromatic nitrogens is 1. The minimum atomic E-state index is -2.66. The van der Waals surface area contributed by atoms with E-state index in [0.717, 1.165) is 20.8 Å². The van der Waals surface area contributed by atoms with E-state index in [0.29, 0.717) is 11.3 Å². The molecule has 1 unspecified atom stereocenters. The molecule has 3 aromatic rings. The molecule has 198 valence electrons. The Kier molecular flexibility index (Phi) is 8.36. The minimum absolute atomic E-state index is 0.215. The van der Waals surface area contributed by atoms with E-state index in [4.69, 9.17) is 9.47 Å². The summed E-state index contributed by atoms with van der Waals surface area (Å²) in [6, 6.07) is 12.9. The maximum absolute atomic E-state index is 12.2. The second-order valence-electron chi connectivity index (χ2n) is 10.4. The van der Waals surface area contributed by atoms with Crippen LogP contribution >= 0.6 is 11.3 Å². The summed E-state index contributed by atoms with van der Waals surface area (Å²) < 4.78 is 35.7. The number of nitrogens with zero attached hydrogens (tertiary/aromatic N) is 2. The summed E-state index contributed by atoms with van der Waals surface area (Å²) in [6.45, 7) is 7.02. The molecule has 1 aliphatic carbocycles. The first-order valence-electron chi connectivity index (χ1n) is 12.3. The fourth-order valence-corrected chi connectivity index (χ4v) is 6.47. The normalized spacial score (nSPS) is 18.8. The second-order valence-corrected chi connectivity index (χ2v) is 12.1. The summed E-state index contributed by atoms with van der Waals surface area (Å²) in [7, 11) is 2.69. The van der Waals surface area contributed by atoms with Crippen LogP contribution in [0, 0.1) is 11.3 Å². The molecule has 0 N–H and O–H groups in total. The lowest BCUT2D eigenvalue weighted by Gasteiger charge is -2.37. The number of benzene rings is 2. The number of ether oxygens (including phenoxy) is 2. The van der Waals surface area contributed by atoms with Gasteiger partial charge in [-0.15, -0.1) is 11.3 Å². The summed E-state index contributed by atoms with van der Waals surface area (Å²) >= 11 is -1.29. The third kappa shape index (κ3) is 6.05. The van der Waals surface area contributed by atoms with E-state index in [9.17, 15) is 13.6 Å². The van der Waals surface area contributed by atoms with Crippen molar-refractivity contribution in [3.8, 4) is 16.3 Å². The number of rotatable bonds is 7. The second kappa shape index (κ2) is 11.3. The predicted molar refractivity (Wildman–Crippen MR) is 147 cm³/mol. The van der Waals surface area contributed by atoms with Crippen LogP contribution in [0.25, 0.3) is 10.6 Å². The first kappa shape index (κ1) is 27.3. The van der Waals surface area contributed by atoms with Gasteiger partial charge in [0.2, 0.25) is 0 Å². The fraction of sp³-hybridized carbons (Fsp3) is 0.429. The van der Waals surface area contributed by atoms with Crippen LogP contribution in [0.5, 0.6) is 5.75 Å². The largest absolute Gasteiger partial charge is 0.755 e. The molecule has 0 saturated heterocycles. The lowest BCUT2D eigenvalue weighted by atomic mass is 9.69. The number of thiazole rings is 1. The first-order valence-corrected chi connectivity index (χ1v) is 14.2. The van der Waals surface area contributed by atoms with Crippen LogP contribution in [-0.4, -0.2) is 33.9 Å². The van der Waals surface area contributed by atoms with Crippen LogP contribution in [0.2, 0.25) is 0 Å². The molecular weight excluding hydrogens is 508 g/mol. The molecule has 7 nitrogen and oxygen atoms in total. The molecule has 9 heteroatoms. The minimum Gasteiger partial charge on any atom is -0.755 e. The maximum Gasteiger partial charge on any atom is 0.337 e. The number of carbonyl (C=O) groups is 1. The number of methoxy groups -OCH3 is 2. The van der Waals surface area contributed by atoms with Crippen molar-refractivity contribution in [1.29, 1.82) is 0 Å². The van der Waals surface area contributed by atoms with E-state index in [1.165, 1.54) is 75.0 Å². The molecule has 0 amide bonds. The molecule has 1 heterocycles. The number of esters is 1. The van der Waals surface area contributed by atoms with Crippen LogP contribution in [0.1, 0.15) is 68.3 Å². The third-order valence-corrected chi connectivity index (χ3v) is 8.81. The van der Waals surface area contributed by atoms with Gasteiger partial charge in [0.05, 0.1) is 36.7 Å². The highest BCUT2D eigenvalue weighted by Gasteiger charge is 2.30. The van der Waals surface area contributed by atoms with E-state index >= 15 is 0 Å². The summed E-state index contributed by atoms with van der Waals surface area (Å²) in [5.41, 5.74) is 3.16.